The first kappa shape index (κ1) is 89.0. The van der Waals surface area contributed by atoms with Gasteiger partial charge in [-0.3, -0.25) is 39.8 Å². The van der Waals surface area contributed by atoms with Crippen LogP contribution in [-0.2, 0) is 28.2 Å². The summed E-state index contributed by atoms with van der Waals surface area (Å²) in [5.74, 6) is -0.583. The van der Waals surface area contributed by atoms with Crippen molar-refractivity contribution in [3.8, 4) is 41.1 Å². The second kappa shape index (κ2) is 37.8. The Morgan fingerprint density at radius 3 is 1.48 bits per heavy atom. The minimum atomic E-state index is -2.59. The van der Waals surface area contributed by atoms with E-state index in [9.17, 15) is 47.8 Å². The largest absolute Gasteiger partial charge is 0.533 e. The third kappa shape index (κ3) is 18.9. The molecule has 5 saturated heterocycles. The molecule has 638 valence electrons. The fourth-order valence-electron chi connectivity index (χ4n) is 16.1. The topological polar surface area (TPSA) is 309 Å². The van der Waals surface area contributed by atoms with Crippen LogP contribution in [0.25, 0.3) is 11.1 Å². The van der Waals surface area contributed by atoms with Crippen LogP contribution < -0.4 is 60.2 Å². The molecule has 4 aromatic carbocycles. The van der Waals surface area contributed by atoms with Crippen molar-refractivity contribution in [3.05, 3.63) is 199 Å². The predicted octanol–water partition coefficient (Wildman–Crippen LogP) is 10.4. The molecule has 12 heterocycles. The molecule has 16 rings (SSSR count). The number of hydrogen-bond acceptors (Lipinski definition) is 22. The van der Waals surface area contributed by atoms with Gasteiger partial charge in [0.2, 0.25) is 0 Å². The minimum Gasteiger partial charge on any atom is -0.533 e. The number of nitrogens with zero attached hydrogens (tertiary/aromatic N) is 12. The number of fused-ring (bicyclic) bond motifs is 3. The Morgan fingerprint density at radius 2 is 1.03 bits per heavy atom. The number of anilines is 3. The standard InChI is InChI=1S/C27H29FN6O5.C22H24BrNOSi.C15H12FN3O4.C12H18BrN3O.C12H19N3O/c1-4-32-7-9-33(10-8-32)18-12-20-17(29-15(18)2)11-21(39-20)27(25(36)30-26(37)31-27)14-34-13-16-5-6-19(38-3)23(28)22(16)24(34)35;1-17-21(23)15-18(16-24-17)25-26(22(2,3)4,19-11-7-5-8-12-19)20-13-9-6-10-14-20;1-3-15(13(21)17-14(22)18-15)7-19-6-8-4-5-9(23-2)11(16)10(8)12(19)20;1-3-15-4-6-16(7-5-15)10-8-11(17)12(13)14-9(10)2;1-3-14-4-6-15(7-5-14)12-8-11(16)9-13-10(12)2/h5-6,11-12H,4,7-10,13-14H2,1-3H3,(H2,30,31,36,37);5-16H,1-4H3;1,4-5H,6-7H2,2H3,(H2,17,18,21,22);8,17H,3-7H2,1-2H3;8-9,16H,3-7H2,1-2H3/t27-;;15-;;/m0.1../s1. The SMILES string of the molecule is C#C[C@]1(CN2Cc3ccc(OC)c(F)c3C2=O)NC(=O)NC1=O.CCN1CCN(c2cc(O)c(Br)nc2C)CC1.CCN1CCN(c2cc(O)cnc2C)CC1.CCN1CCN(c2cc3oc([C@]4(CN5Cc6ccc(OC)c(F)c6C5=O)NC(=O)NC4=O)cc3nc2C)CC1.Cc1ncc(O[Si](c2ccccc2)(c2ccccc2)C(C)(C)C)cc1Br. The summed E-state index contributed by atoms with van der Waals surface area (Å²) in [7, 11) is 0.0307. The highest BCUT2D eigenvalue weighted by Crippen LogP contribution is 2.41. The molecule has 5 aromatic heterocycles. The number of pyridine rings is 4. The third-order valence-electron chi connectivity index (χ3n) is 23.0. The van der Waals surface area contributed by atoms with Crippen LogP contribution in [0.3, 0.4) is 0 Å². The van der Waals surface area contributed by atoms with E-state index in [1.54, 1.807) is 24.3 Å². The number of benzene rings is 4. The molecule has 33 heteroatoms. The lowest BCUT2D eigenvalue weighted by atomic mass is 9.95. The molecule has 5 fully saturated rings. The number of urea groups is 2. The van der Waals surface area contributed by atoms with Crippen molar-refractivity contribution in [1.82, 2.24) is 65.7 Å². The predicted molar refractivity (Wildman–Crippen MR) is 468 cm³/mol. The van der Waals surface area contributed by atoms with Crippen molar-refractivity contribution >= 4 is 114 Å². The molecule has 7 aliphatic heterocycles. The highest BCUT2D eigenvalue weighted by Gasteiger charge is 2.55. The number of rotatable bonds is 17. The van der Waals surface area contributed by atoms with Crippen molar-refractivity contribution in [1.29, 1.82) is 0 Å². The van der Waals surface area contributed by atoms with E-state index in [1.807, 2.05) is 57.4 Å². The van der Waals surface area contributed by atoms with Crippen LogP contribution in [0.1, 0.15) is 102 Å². The summed E-state index contributed by atoms with van der Waals surface area (Å²) in [6.45, 7) is 36.1. The normalized spacial score (nSPS) is 18.6. The lowest BCUT2D eigenvalue weighted by Crippen LogP contribution is -2.68. The molecule has 0 spiro atoms. The number of likely N-dealkylation sites (N-methyl/N-ethyl adjacent to an activating group) is 3. The summed E-state index contributed by atoms with van der Waals surface area (Å²) in [5.41, 5.74) is 5.11. The zero-order chi connectivity index (χ0) is 87.0. The zero-order valence-electron chi connectivity index (χ0n) is 70.0. The van der Waals surface area contributed by atoms with Gasteiger partial charge in [-0.05, 0) is 124 Å². The Hall–Kier alpha value is -11.3. The van der Waals surface area contributed by atoms with Gasteiger partial charge in [0.1, 0.15) is 33.1 Å². The second-order valence-electron chi connectivity index (χ2n) is 31.4. The molecular weight excluding hydrogens is 1700 g/mol. The van der Waals surface area contributed by atoms with Gasteiger partial charge in [0.15, 0.2) is 39.8 Å². The van der Waals surface area contributed by atoms with Gasteiger partial charge in [-0.25, -0.2) is 28.3 Å². The Kier molecular flexibility index (Phi) is 27.8. The fourth-order valence-corrected chi connectivity index (χ4v) is 21.2. The Balaban J connectivity index is 0.000000144. The highest BCUT2D eigenvalue weighted by atomic mass is 79.9. The lowest BCUT2D eigenvalue weighted by molar-refractivity contribution is -0.125. The molecule has 7 aliphatic rings. The molecule has 0 radical (unpaired) electrons. The molecular formula is C88H102Br2F2N16O12Si. The average molecular weight is 1800 g/mol. The first-order valence-electron chi connectivity index (χ1n) is 40.1. The molecule has 0 bridgehead atoms. The van der Waals surface area contributed by atoms with Crippen LogP contribution >= 0.6 is 31.9 Å². The Bertz CT molecular complexity index is 5350. The number of aryl methyl sites for hydroxylation is 4. The second-order valence-corrected chi connectivity index (χ2v) is 37.2. The Morgan fingerprint density at radius 1 is 0.570 bits per heavy atom. The van der Waals surface area contributed by atoms with Crippen molar-refractivity contribution in [2.45, 2.75) is 98.4 Å². The van der Waals surface area contributed by atoms with Gasteiger partial charge in [0.25, 0.3) is 23.6 Å². The maximum absolute atomic E-state index is 14.9. The molecule has 28 nitrogen and oxygen atoms in total. The van der Waals surface area contributed by atoms with E-state index >= 15 is 0 Å². The third-order valence-corrected chi connectivity index (χ3v) is 29.3. The van der Waals surface area contributed by atoms with Gasteiger partial charge >= 0.3 is 20.4 Å². The summed E-state index contributed by atoms with van der Waals surface area (Å²) < 4.78 is 53.7. The number of ether oxygens (including phenoxy) is 2. The number of nitrogens with one attached hydrogen (secondary N) is 4. The number of furan rings is 1. The summed E-state index contributed by atoms with van der Waals surface area (Å²) in [5, 5.41) is 30.9. The Labute approximate surface area is 720 Å². The van der Waals surface area contributed by atoms with Crippen LogP contribution in [0.15, 0.2) is 141 Å². The van der Waals surface area contributed by atoms with E-state index in [1.165, 1.54) is 52.7 Å². The molecule has 9 aromatic rings. The molecule has 6 N–H and O–H groups in total. The molecule has 0 saturated carbocycles. The number of carbonyl (C=O) groups excluding carboxylic acids is 6. The van der Waals surface area contributed by atoms with Crippen LogP contribution in [0.4, 0.5) is 35.4 Å². The van der Waals surface area contributed by atoms with E-state index in [4.69, 9.17) is 29.7 Å². The van der Waals surface area contributed by atoms with Gasteiger partial charge in [-0.15, -0.1) is 6.42 Å². The van der Waals surface area contributed by atoms with Gasteiger partial charge < -0.3 is 78.4 Å². The number of piperazine rings is 3. The first-order chi connectivity index (χ1) is 57.8. The maximum Gasteiger partial charge on any atom is 0.323 e. The number of aromatic hydroxyl groups is 2. The monoisotopic (exact) mass is 1800 g/mol. The number of amides is 8. The van der Waals surface area contributed by atoms with Crippen molar-refractivity contribution < 1.29 is 66.1 Å². The van der Waals surface area contributed by atoms with Crippen LogP contribution in [0, 0.1) is 51.7 Å². The molecule has 0 aliphatic carbocycles. The molecule has 0 unspecified atom stereocenters. The van der Waals surface area contributed by atoms with E-state index in [2.05, 4.69) is 200 Å². The lowest BCUT2D eigenvalue weighted by Gasteiger charge is -2.42. The van der Waals surface area contributed by atoms with Crippen LogP contribution in [0.5, 0.6) is 28.7 Å². The zero-order valence-corrected chi connectivity index (χ0v) is 74.2. The smallest absolute Gasteiger partial charge is 0.323 e. The van der Waals surface area contributed by atoms with E-state index in [-0.39, 0.29) is 71.1 Å². The molecule has 121 heavy (non-hydrogen) atoms. The van der Waals surface area contributed by atoms with Crippen LogP contribution in [0.2, 0.25) is 5.04 Å². The summed E-state index contributed by atoms with van der Waals surface area (Å²) in [6.07, 6.45) is 8.70. The maximum atomic E-state index is 14.9. The van der Waals surface area contributed by atoms with Crippen molar-refractivity contribution in [2.24, 2.45) is 0 Å². The average Bonchev–Trinajstić information content (AvgIpc) is 1.73. The van der Waals surface area contributed by atoms with Crippen molar-refractivity contribution in [3.63, 3.8) is 0 Å². The quantitative estimate of drug-likeness (QED) is 0.0214. The summed E-state index contributed by atoms with van der Waals surface area (Å²) in [4.78, 5) is 109. The van der Waals surface area contributed by atoms with Gasteiger partial charge in [0.05, 0.1) is 90.7 Å². The van der Waals surface area contributed by atoms with Gasteiger partial charge in [-0.2, -0.15) is 0 Å². The van der Waals surface area contributed by atoms with E-state index < -0.39 is 66.7 Å². The van der Waals surface area contributed by atoms with E-state index in [0.717, 1.165) is 148 Å². The van der Waals surface area contributed by atoms with Crippen LogP contribution in [-0.4, -0.2) is 230 Å². The number of carbonyl (C=O) groups is 6. The first-order valence-corrected chi connectivity index (χ1v) is 43.6. The van der Waals surface area contributed by atoms with Gasteiger partial charge in [0, 0.05) is 120 Å². The number of terminal acetylenes is 1. The fraction of sp³-hybridized carbons (Fsp3) is 0.386. The minimum absolute atomic E-state index is 0.0440. The molecule has 8 amide bonds. The highest BCUT2D eigenvalue weighted by molar-refractivity contribution is 9.10. The van der Waals surface area contributed by atoms with Gasteiger partial charge in [-0.1, -0.05) is 120 Å². The number of hydrogen-bond donors (Lipinski definition) is 6. The number of halogens is 4. The number of methoxy groups -OCH3 is 2. The van der Waals surface area contributed by atoms with E-state index in [0.29, 0.717) is 26.8 Å². The van der Waals surface area contributed by atoms with Crippen molar-refractivity contribution in [2.75, 3.05) is 140 Å². The summed E-state index contributed by atoms with van der Waals surface area (Å²) >= 11 is 6.83. The summed E-state index contributed by atoms with van der Waals surface area (Å²) in [6, 6.07) is 35.1. The number of imide groups is 2. The number of aromatic nitrogens is 4. The molecule has 2 atom stereocenters.